The number of nitrogens with one attached hydrogen (secondary N) is 2. The molecule has 2 aromatic carbocycles. The van der Waals surface area contributed by atoms with Crippen LogP contribution in [0.1, 0.15) is 11.1 Å². The summed E-state index contributed by atoms with van der Waals surface area (Å²) in [5.74, 6) is 0.981. The molecule has 0 saturated carbocycles. The van der Waals surface area contributed by atoms with E-state index in [1.807, 2.05) is 12.1 Å². The summed E-state index contributed by atoms with van der Waals surface area (Å²) in [7, 11) is 0. The van der Waals surface area contributed by atoms with Gasteiger partial charge >= 0.3 is 0 Å². The van der Waals surface area contributed by atoms with E-state index in [0.29, 0.717) is 34.0 Å². The average Bonchev–Trinajstić information content (AvgIpc) is 2.57. The van der Waals surface area contributed by atoms with Crippen molar-refractivity contribution in [2.75, 3.05) is 10.6 Å². The maximum atomic E-state index is 6.14. The summed E-state index contributed by atoms with van der Waals surface area (Å²) in [5.41, 5.74) is 3.09. The molecule has 5 nitrogen and oxygen atoms in total. The zero-order chi connectivity index (χ0) is 16.9. The molecule has 0 aliphatic rings. The van der Waals surface area contributed by atoms with Crippen LogP contribution in [-0.4, -0.2) is 15.2 Å². The van der Waals surface area contributed by atoms with Crippen LogP contribution in [0.4, 0.5) is 17.5 Å². The van der Waals surface area contributed by atoms with Crippen LogP contribution in [0.25, 0.3) is 0 Å². The summed E-state index contributed by atoms with van der Waals surface area (Å²) in [6.07, 6.45) is 1.58. The first-order chi connectivity index (χ1) is 11.6. The molecule has 3 aromatic rings. The van der Waals surface area contributed by atoms with Gasteiger partial charge in [-0.05, 0) is 36.2 Å². The van der Waals surface area contributed by atoms with Gasteiger partial charge < -0.3 is 10.6 Å². The Balaban J connectivity index is 1.71. The molecule has 1 aromatic heterocycles. The lowest BCUT2D eigenvalue weighted by Gasteiger charge is -2.10. The van der Waals surface area contributed by atoms with Gasteiger partial charge in [-0.15, -0.1) is 5.10 Å². The zero-order valence-electron chi connectivity index (χ0n) is 12.9. The molecular weight excluding hydrogens is 345 g/mol. The van der Waals surface area contributed by atoms with Gasteiger partial charge in [0.05, 0.1) is 16.9 Å². The Bertz CT molecular complexity index is 854. The minimum atomic E-state index is 0.356. The van der Waals surface area contributed by atoms with Gasteiger partial charge in [-0.25, -0.2) is 0 Å². The van der Waals surface area contributed by atoms with E-state index in [0.717, 1.165) is 0 Å². The quantitative estimate of drug-likeness (QED) is 0.682. The molecule has 0 radical (unpaired) electrons. The van der Waals surface area contributed by atoms with Crippen molar-refractivity contribution in [3.05, 3.63) is 69.8 Å². The van der Waals surface area contributed by atoms with Gasteiger partial charge in [-0.3, -0.25) is 0 Å². The van der Waals surface area contributed by atoms with Crippen LogP contribution in [0, 0.1) is 6.92 Å². The Morgan fingerprint density at radius 1 is 1.08 bits per heavy atom. The largest absolute Gasteiger partial charge is 0.365 e. The Hall–Kier alpha value is -2.37. The Kier molecular flexibility index (Phi) is 5.13. The van der Waals surface area contributed by atoms with E-state index in [1.54, 1.807) is 24.4 Å². The van der Waals surface area contributed by atoms with Crippen molar-refractivity contribution in [3.63, 3.8) is 0 Å². The standard InChI is InChI=1S/C17H15Cl2N5/c1-11-4-2-3-5-12(11)9-20-16-10-21-24-17(23-16)22-15-7-6-13(18)8-14(15)19/h2-8,10H,9H2,1H3,(H2,20,22,23,24). The fourth-order valence-electron chi connectivity index (χ4n) is 2.15. The maximum Gasteiger partial charge on any atom is 0.249 e. The van der Waals surface area contributed by atoms with E-state index in [1.165, 1.54) is 11.1 Å². The van der Waals surface area contributed by atoms with Crippen molar-refractivity contribution >= 4 is 40.7 Å². The number of hydrogen-bond acceptors (Lipinski definition) is 5. The highest BCUT2D eigenvalue weighted by molar-refractivity contribution is 6.36. The van der Waals surface area contributed by atoms with Crippen molar-refractivity contribution in [2.24, 2.45) is 0 Å². The van der Waals surface area contributed by atoms with Crippen molar-refractivity contribution in [1.82, 2.24) is 15.2 Å². The molecule has 24 heavy (non-hydrogen) atoms. The molecule has 0 bridgehead atoms. The van der Waals surface area contributed by atoms with Crippen LogP contribution in [0.2, 0.25) is 10.0 Å². The third kappa shape index (κ3) is 4.13. The minimum absolute atomic E-state index is 0.356. The molecule has 0 spiro atoms. The second-order valence-corrected chi connectivity index (χ2v) is 6.04. The summed E-state index contributed by atoms with van der Waals surface area (Å²) >= 11 is 12.0. The van der Waals surface area contributed by atoms with Crippen LogP contribution < -0.4 is 10.6 Å². The van der Waals surface area contributed by atoms with E-state index >= 15 is 0 Å². The molecule has 0 fully saturated rings. The first kappa shape index (κ1) is 16.5. The first-order valence-electron chi connectivity index (χ1n) is 7.32. The lowest BCUT2D eigenvalue weighted by Crippen LogP contribution is -2.06. The minimum Gasteiger partial charge on any atom is -0.365 e. The summed E-state index contributed by atoms with van der Waals surface area (Å²) in [4.78, 5) is 4.39. The van der Waals surface area contributed by atoms with Gasteiger partial charge in [0.1, 0.15) is 0 Å². The van der Waals surface area contributed by atoms with Crippen molar-refractivity contribution in [3.8, 4) is 0 Å². The number of rotatable bonds is 5. The number of halogens is 2. The average molecular weight is 360 g/mol. The van der Waals surface area contributed by atoms with Gasteiger partial charge in [0.2, 0.25) is 5.95 Å². The third-order valence-corrected chi connectivity index (χ3v) is 4.01. The molecule has 0 aliphatic heterocycles. The van der Waals surface area contributed by atoms with Crippen LogP contribution in [0.15, 0.2) is 48.7 Å². The van der Waals surface area contributed by atoms with Gasteiger partial charge in [-0.2, -0.15) is 10.1 Å². The van der Waals surface area contributed by atoms with Gasteiger partial charge in [0, 0.05) is 11.6 Å². The lowest BCUT2D eigenvalue weighted by atomic mass is 10.1. The second kappa shape index (κ2) is 7.47. The van der Waals surface area contributed by atoms with E-state index in [-0.39, 0.29) is 0 Å². The number of benzene rings is 2. The highest BCUT2D eigenvalue weighted by atomic mass is 35.5. The zero-order valence-corrected chi connectivity index (χ0v) is 14.4. The molecule has 0 saturated heterocycles. The van der Waals surface area contributed by atoms with Crippen molar-refractivity contribution in [1.29, 1.82) is 0 Å². The van der Waals surface area contributed by atoms with E-state index in [2.05, 4.69) is 44.9 Å². The SMILES string of the molecule is Cc1ccccc1CNc1cnnc(Nc2ccc(Cl)cc2Cl)n1. The maximum absolute atomic E-state index is 6.14. The first-order valence-corrected chi connectivity index (χ1v) is 8.07. The van der Waals surface area contributed by atoms with Crippen molar-refractivity contribution < 1.29 is 0 Å². The number of nitrogens with zero attached hydrogens (tertiary/aromatic N) is 3. The summed E-state index contributed by atoms with van der Waals surface area (Å²) in [5, 5.41) is 15.3. The topological polar surface area (TPSA) is 62.7 Å². The van der Waals surface area contributed by atoms with Crippen LogP contribution in [-0.2, 0) is 6.54 Å². The second-order valence-electron chi connectivity index (χ2n) is 5.19. The number of aryl methyl sites for hydroxylation is 1. The fraction of sp³-hybridized carbons (Fsp3) is 0.118. The summed E-state index contributed by atoms with van der Waals surface area (Å²) in [6.45, 7) is 2.73. The molecule has 0 aliphatic carbocycles. The molecule has 7 heteroatoms. The Morgan fingerprint density at radius 2 is 1.92 bits per heavy atom. The van der Waals surface area contributed by atoms with Crippen LogP contribution >= 0.6 is 23.2 Å². The van der Waals surface area contributed by atoms with Gasteiger partial charge in [0.15, 0.2) is 5.82 Å². The predicted octanol–water partition coefficient (Wildman–Crippen LogP) is 4.84. The molecule has 0 atom stereocenters. The molecule has 0 amide bonds. The predicted molar refractivity (Wildman–Crippen MR) is 98.1 cm³/mol. The Labute approximate surface area is 150 Å². The van der Waals surface area contributed by atoms with Gasteiger partial charge in [0.25, 0.3) is 0 Å². The molecule has 0 unspecified atom stereocenters. The Morgan fingerprint density at radius 3 is 2.71 bits per heavy atom. The van der Waals surface area contributed by atoms with Crippen LogP contribution in [0.3, 0.4) is 0 Å². The monoisotopic (exact) mass is 359 g/mol. The highest BCUT2D eigenvalue weighted by Crippen LogP contribution is 2.27. The third-order valence-electron chi connectivity index (χ3n) is 3.46. The molecular formula is C17H15Cl2N5. The van der Waals surface area contributed by atoms with Crippen molar-refractivity contribution in [2.45, 2.75) is 13.5 Å². The number of anilines is 3. The van der Waals surface area contributed by atoms with E-state index in [4.69, 9.17) is 23.2 Å². The van der Waals surface area contributed by atoms with Crippen LogP contribution in [0.5, 0.6) is 0 Å². The number of aromatic nitrogens is 3. The van der Waals surface area contributed by atoms with Gasteiger partial charge in [-0.1, -0.05) is 47.5 Å². The van der Waals surface area contributed by atoms with E-state index < -0.39 is 0 Å². The molecule has 122 valence electrons. The lowest BCUT2D eigenvalue weighted by molar-refractivity contribution is 0.964. The highest BCUT2D eigenvalue weighted by Gasteiger charge is 2.06. The summed E-state index contributed by atoms with van der Waals surface area (Å²) in [6, 6.07) is 13.3. The van der Waals surface area contributed by atoms with E-state index in [9.17, 15) is 0 Å². The molecule has 2 N–H and O–H groups in total. The normalized spacial score (nSPS) is 10.5. The fourth-order valence-corrected chi connectivity index (χ4v) is 2.60. The summed E-state index contributed by atoms with van der Waals surface area (Å²) < 4.78 is 0. The smallest absolute Gasteiger partial charge is 0.249 e. The molecule has 3 rings (SSSR count). The number of hydrogen-bond donors (Lipinski definition) is 2. The molecule has 1 heterocycles.